The minimum Gasteiger partial charge on any atom is -0.214 e. The Labute approximate surface area is 72.1 Å². The number of nitrogens with zero attached hydrogens (tertiary/aromatic N) is 2. The van der Waals surface area contributed by atoms with Crippen molar-refractivity contribution in [2.75, 3.05) is 5.75 Å². The first kappa shape index (κ1) is 8.65. The van der Waals surface area contributed by atoms with Crippen LogP contribution in [0.2, 0.25) is 0 Å². The van der Waals surface area contributed by atoms with Crippen molar-refractivity contribution in [3.8, 4) is 0 Å². The molecule has 0 amide bonds. The molecule has 0 radical (unpaired) electrons. The lowest BCUT2D eigenvalue weighted by Crippen LogP contribution is -2.09. The maximum atomic E-state index is 4.10. The zero-order valence-electron chi connectivity index (χ0n) is 7.24. The molecule has 0 aliphatic rings. The summed E-state index contributed by atoms with van der Waals surface area (Å²) in [6.07, 6.45) is 3.77. The maximum absolute atomic E-state index is 4.10. The molecule has 0 aromatic carbocycles. The molecule has 1 aromatic rings. The molecule has 62 valence electrons. The first-order valence-electron chi connectivity index (χ1n) is 3.71. The van der Waals surface area contributed by atoms with Crippen LogP contribution in [0.1, 0.15) is 20.8 Å². The molecule has 2 nitrogen and oxygen atoms in total. The highest BCUT2D eigenvalue weighted by molar-refractivity contribution is 7.97. The van der Waals surface area contributed by atoms with E-state index in [-0.39, 0.29) is 0 Å². The lowest BCUT2D eigenvalue weighted by Gasteiger charge is -2.16. The van der Waals surface area contributed by atoms with Gasteiger partial charge < -0.3 is 0 Å². The van der Waals surface area contributed by atoms with E-state index in [0.717, 1.165) is 5.75 Å². The van der Waals surface area contributed by atoms with Gasteiger partial charge in [0.2, 0.25) is 0 Å². The summed E-state index contributed by atoms with van der Waals surface area (Å²) in [5.41, 5.74) is 0.372. The average Bonchev–Trinajstić information content (AvgIpc) is 2.32. The predicted molar refractivity (Wildman–Crippen MR) is 49.5 cm³/mol. The van der Waals surface area contributed by atoms with Gasteiger partial charge in [-0.05, 0) is 23.4 Å². The highest BCUT2D eigenvalue weighted by Crippen LogP contribution is 2.20. The lowest BCUT2D eigenvalue weighted by atomic mass is 10.0. The lowest BCUT2D eigenvalue weighted by molar-refractivity contribution is 0.480. The fourth-order valence-corrected chi connectivity index (χ4v) is 1.39. The van der Waals surface area contributed by atoms with Crippen LogP contribution >= 0.6 is 11.9 Å². The molecule has 0 saturated carbocycles. The van der Waals surface area contributed by atoms with E-state index >= 15 is 0 Å². The Morgan fingerprint density at radius 3 is 2.64 bits per heavy atom. The summed E-state index contributed by atoms with van der Waals surface area (Å²) in [6.45, 7) is 6.68. The Balaban J connectivity index is 2.35. The zero-order valence-corrected chi connectivity index (χ0v) is 8.06. The molecule has 0 bridgehead atoms. The van der Waals surface area contributed by atoms with E-state index in [1.54, 1.807) is 18.1 Å². The molecule has 0 aliphatic carbocycles. The molecule has 1 aromatic heterocycles. The normalized spacial score (nSPS) is 11.9. The highest BCUT2D eigenvalue weighted by atomic mass is 32.2. The van der Waals surface area contributed by atoms with Crippen LogP contribution in [0.3, 0.4) is 0 Å². The molecule has 0 aliphatic heterocycles. The van der Waals surface area contributed by atoms with Gasteiger partial charge >= 0.3 is 0 Å². The predicted octanol–water partition coefficient (Wildman–Crippen LogP) is 2.43. The summed E-state index contributed by atoms with van der Waals surface area (Å²) in [4.78, 5) is 0. The second-order valence-corrected chi connectivity index (χ2v) is 4.66. The molecular formula is C8H14N2S. The van der Waals surface area contributed by atoms with Crippen molar-refractivity contribution in [2.45, 2.75) is 20.8 Å². The Bertz CT molecular complexity index is 198. The average molecular weight is 170 g/mol. The van der Waals surface area contributed by atoms with Gasteiger partial charge in [0, 0.05) is 18.1 Å². The SMILES string of the molecule is CC(C)(C)CSn1cccn1. The largest absolute Gasteiger partial charge is 0.214 e. The third kappa shape index (κ3) is 3.46. The molecule has 1 rings (SSSR count). The smallest absolute Gasteiger partial charge is 0.0500 e. The number of rotatable bonds is 2. The summed E-state index contributed by atoms with van der Waals surface area (Å²) in [5.74, 6) is 1.09. The summed E-state index contributed by atoms with van der Waals surface area (Å²) in [7, 11) is 0. The number of aromatic nitrogens is 2. The van der Waals surface area contributed by atoms with Crippen LogP contribution in [0.4, 0.5) is 0 Å². The van der Waals surface area contributed by atoms with Gasteiger partial charge in [0.1, 0.15) is 0 Å². The van der Waals surface area contributed by atoms with E-state index in [2.05, 4.69) is 25.9 Å². The monoisotopic (exact) mass is 170 g/mol. The molecule has 0 N–H and O–H groups in total. The quantitative estimate of drug-likeness (QED) is 0.678. The van der Waals surface area contributed by atoms with Crippen molar-refractivity contribution >= 4 is 11.9 Å². The highest BCUT2D eigenvalue weighted by Gasteiger charge is 2.10. The van der Waals surface area contributed by atoms with Crippen molar-refractivity contribution in [1.29, 1.82) is 0 Å². The van der Waals surface area contributed by atoms with Crippen LogP contribution in [0.25, 0.3) is 0 Å². The van der Waals surface area contributed by atoms with Crippen molar-refractivity contribution in [3.05, 3.63) is 18.5 Å². The number of hydrogen-bond donors (Lipinski definition) is 0. The van der Waals surface area contributed by atoms with Gasteiger partial charge in [0.15, 0.2) is 0 Å². The Morgan fingerprint density at radius 1 is 1.45 bits per heavy atom. The molecular weight excluding hydrogens is 156 g/mol. The topological polar surface area (TPSA) is 17.8 Å². The van der Waals surface area contributed by atoms with E-state index in [4.69, 9.17) is 0 Å². The number of hydrogen-bond acceptors (Lipinski definition) is 2. The minimum absolute atomic E-state index is 0.372. The van der Waals surface area contributed by atoms with Crippen LogP contribution in [0.15, 0.2) is 18.5 Å². The molecule has 1 heterocycles. The molecule has 0 unspecified atom stereocenters. The van der Waals surface area contributed by atoms with E-state index in [0.29, 0.717) is 5.41 Å². The van der Waals surface area contributed by atoms with E-state index in [9.17, 15) is 0 Å². The van der Waals surface area contributed by atoms with Crippen LogP contribution in [-0.2, 0) is 0 Å². The van der Waals surface area contributed by atoms with Gasteiger partial charge in [0.25, 0.3) is 0 Å². The third-order valence-corrected chi connectivity index (χ3v) is 2.59. The van der Waals surface area contributed by atoms with Gasteiger partial charge in [-0.15, -0.1) is 0 Å². The molecule has 0 atom stereocenters. The van der Waals surface area contributed by atoms with Crippen molar-refractivity contribution in [3.63, 3.8) is 0 Å². The van der Waals surface area contributed by atoms with Crippen molar-refractivity contribution < 1.29 is 0 Å². The molecule has 0 saturated heterocycles. The molecule has 0 spiro atoms. The van der Waals surface area contributed by atoms with Crippen molar-refractivity contribution in [1.82, 2.24) is 9.19 Å². The second kappa shape index (κ2) is 3.30. The summed E-state index contributed by atoms with van der Waals surface area (Å²) < 4.78 is 1.89. The van der Waals surface area contributed by atoms with Crippen LogP contribution < -0.4 is 0 Å². The Morgan fingerprint density at radius 2 is 2.18 bits per heavy atom. The fourth-order valence-electron chi connectivity index (χ4n) is 0.591. The molecule has 11 heavy (non-hydrogen) atoms. The standard InChI is InChI=1S/C8H14N2S/c1-8(2,3)7-11-10-6-4-5-9-10/h4-6H,7H2,1-3H3. The fraction of sp³-hybridized carbons (Fsp3) is 0.625. The molecule has 3 heteroatoms. The minimum atomic E-state index is 0.372. The zero-order chi connectivity index (χ0) is 8.32. The Kier molecular flexibility index (Phi) is 2.60. The van der Waals surface area contributed by atoms with Gasteiger partial charge in [-0.1, -0.05) is 20.8 Å². The van der Waals surface area contributed by atoms with E-state index in [1.807, 2.05) is 16.4 Å². The molecule has 0 fully saturated rings. The van der Waals surface area contributed by atoms with Crippen LogP contribution in [-0.4, -0.2) is 14.9 Å². The first-order chi connectivity index (χ1) is 5.08. The van der Waals surface area contributed by atoms with Crippen LogP contribution in [0.5, 0.6) is 0 Å². The van der Waals surface area contributed by atoms with Gasteiger partial charge in [-0.2, -0.15) is 5.10 Å². The Hall–Kier alpha value is -0.440. The van der Waals surface area contributed by atoms with Gasteiger partial charge in [-0.3, -0.25) is 0 Å². The van der Waals surface area contributed by atoms with E-state index < -0.39 is 0 Å². The summed E-state index contributed by atoms with van der Waals surface area (Å²) >= 11 is 1.74. The summed E-state index contributed by atoms with van der Waals surface area (Å²) in [5, 5.41) is 4.10. The van der Waals surface area contributed by atoms with E-state index in [1.165, 1.54) is 0 Å². The van der Waals surface area contributed by atoms with Crippen LogP contribution in [0, 0.1) is 5.41 Å². The third-order valence-electron chi connectivity index (χ3n) is 1.11. The van der Waals surface area contributed by atoms with Crippen molar-refractivity contribution in [2.24, 2.45) is 5.41 Å². The first-order valence-corrected chi connectivity index (χ1v) is 4.65. The second-order valence-electron chi connectivity index (χ2n) is 3.74. The maximum Gasteiger partial charge on any atom is 0.0500 e. The summed E-state index contributed by atoms with van der Waals surface area (Å²) in [6, 6.07) is 1.94. The van der Waals surface area contributed by atoms with Gasteiger partial charge in [0.05, 0.1) is 0 Å². The van der Waals surface area contributed by atoms with Gasteiger partial charge in [-0.25, -0.2) is 4.09 Å².